The first-order chi connectivity index (χ1) is 10.8. The molecule has 2 rings (SSSR count). The van der Waals surface area contributed by atoms with Gasteiger partial charge < -0.3 is 14.8 Å². The van der Waals surface area contributed by atoms with Crippen molar-refractivity contribution < 1.29 is 14.3 Å². The van der Waals surface area contributed by atoms with Crippen LogP contribution in [0.5, 0.6) is 0 Å². The van der Waals surface area contributed by atoms with Crippen LogP contribution in [0, 0.1) is 12.8 Å². The van der Waals surface area contributed by atoms with Crippen molar-refractivity contribution in [1.82, 2.24) is 5.32 Å². The molecular weight excluding hydrogens is 290 g/mol. The fraction of sp³-hybridized carbons (Fsp3) is 0.421. The molecule has 0 aliphatic carbocycles. The lowest BCUT2D eigenvalue weighted by molar-refractivity contribution is -0.124. The molecule has 2 atom stereocenters. The van der Waals surface area contributed by atoms with Gasteiger partial charge in [0.1, 0.15) is 17.1 Å². The van der Waals surface area contributed by atoms with E-state index in [0.717, 1.165) is 11.3 Å². The Morgan fingerprint density at radius 1 is 1.22 bits per heavy atom. The SMILES string of the molecule is Cc1ccc(C(C)(O)CNC(=O)C(c2ccccc2)C(C)C)o1. The second kappa shape index (κ2) is 7.01. The molecule has 0 saturated carbocycles. The van der Waals surface area contributed by atoms with Crippen LogP contribution < -0.4 is 5.32 Å². The van der Waals surface area contributed by atoms with Gasteiger partial charge in [0.15, 0.2) is 0 Å². The minimum Gasteiger partial charge on any atom is -0.463 e. The van der Waals surface area contributed by atoms with Crippen LogP contribution in [0.15, 0.2) is 46.9 Å². The van der Waals surface area contributed by atoms with Crippen molar-refractivity contribution >= 4 is 5.91 Å². The fourth-order valence-corrected chi connectivity index (χ4v) is 2.68. The Labute approximate surface area is 137 Å². The summed E-state index contributed by atoms with van der Waals surface area (Å²) < 4.78 is 5.47. The summed E-state index contributed by atoms with van der Waals surface area (Å²) in [7, 11) is 0. The number of aliphatic hydroxyl groups is 1. The Bertz CT molecular complexity index is 644. The zero-order valence-corrected chi connectivity index (χ0v) is 14.2. The minimum atomic E-state index is -1.23. The number of carbonyl (C=O) groups excluding carboxylic acids is 1. The number of rotatable bonds is 6. The molecule has 0 radical (unpaired) electrons. The van der Waals surface area contributed by atoms with Gasteiger partial charge in [-0.15, -0.1) is 0 Å². The van der Waals surface area contributed by atoms with Crippen LogP contribution in [-0.2, 0) is 10.4 Å². The molecule has 4 heteroatoms. The Morgan fingerprint density at radius 2 is 1.87 bits per heavy atom. The molecule has 1 aromatic carbocycles. The van der Waals surface area contributed by atoms with Crippen molar-refractivity contribution in [3.05, 3.63) is 59.5 Å². The predicted molar refractivity (Wildman–Crippen MR) is 90.0 cm³/mol. The molecule has 2 aromatic rings. The van der Waals surface area contributed by atoms with E-state index < -0.39 is 5.60 Å². The molecule has 0 spiro atoms. The smallest absolute Gasteiger partial charge is 0.227 e. The van der Waals surface area contributed by atoms with E-state index in [0.29, 0.717) is 5.76 Å². The summed E-state index contributed by atoms with van der Waals surface area (Å²) in [4.78, 5) is 12.6. The summed E-state index contributed by atoms with van der Waals surface area (Å²) >= 11 is 0. The standard InChI is InChI=1S/C19H25NO3/c1-13(2)17(15-8-6-5-7-9-15)18(21)20-12-19(4,22)16-11-10-14(3)23-16/h5-11,13,17,22H,12H2,1-4H3,(H,20,21). The summed E-state index contributed by atoms with van der Waals surface area (Å²) in [6.07, 6.45) is 0. The first-order valence-electron chi connectivity index (χ1n) is 7.93. The van der Waals surface area contributed by atoms with E-state index in [9.17, 15) is 9.90 Å². The van der Waals surface area contributed by atoms with Gasteiger partial charge in [0.05, 0.1) is 12.5 Å². The minimum absolute atomic E-state index is 0.0882. The van der Waals surface area contributed by atoms with Gasteiger partial charge in [-0.1, -0.05) is 44.2 Å². The van der Waals surface area contributed by atoms with Crippen molar-refractivity contribution in [2.45, 2.75) is 39.2 Å². The predicted octanol–water partition coefficient (Wildman–Crippen LogP) is 3.35. The van der Waals surface area contributed by atoms with E-state index in [4.69, 9.17) is 4.42 Å². The second-order valence-electron chi connectivity index (χ2n) is 6.53. The molecular formula is C19H25NO3. The van der Waals surface area contributed by atoms with E-state index >= 15 is 0 Å². The first kappa shape index (κ1) is 17.3. The first-order valence-corrected chi connectivity index (χ1v) is 7.93. The zero-order valence-electron chi connectivity index (χ0n) is 14.2. The second-order valence-corrected chi connectivity index (χ2v) is 6.53. The Kier molecular flexibility index (Phi) is 5.26. The Balaban J connectivity index is 2.08. The highest BCUT2D eigenvalue weighted by Crippen LogP contribution is 2.26. The molecule has 0 saturated heterocycles. The number of benzene rings is 1. The van der Waals surface area contributed by atoms with Crippen molar-refractivity contribution in [3.63, 3.8) is 0 Å². The quantitative estimate of drug-likeness (QED) is 0.859. The molecule has 0 aliphatic heterocycles. The topological polar surface area (TPSA) is 62.5 Å². The van der Waals surface area contributed by atoms with Gasteiger partial charge >= 0.3 is 0 Å². The highest BCUT2D eigenvalue weighted by Gasteiger charge is 2.30. The summed E-state index contributed by atoms with van der Waals surface area (Å²) in [6, 6.07) is 13.2. The maximum absolute atomic E-state index is 12.6. The highest BCUT2D eigenvalue weighted by atomic mass is 16.4. The monoisotopic (exact) mass is 315 g/mol. The third-order valence-electron chi connectivity index (χ3n) is 3.99. The molecule has 0 bridgehead atoms. The molecule has 0 fully saturated rings. The van der Waals surface area contributed by atoms with Crippen LogP contribution in [0.25, 0.3) is 0 Å². The highest BCUT2D eigenvalue weighted by molar-refractivity contribution is 5.84. The lowest BCUT2D eigenvalue weighted by Crippen LogP contribution is -2.41. The lowest BCUT2D eigenvalue weighted by atomic mass is 9.87. The van der Waals surface area contributed by atoms with Gasteiger partial charge in [-0.2, -0.15) is 0 Å². The van der Waals surface area contributed by atoms with E-state index in [1.807, 2.05) is 51.1 Å². The van der Waals surface area contributed by atoms with Gasteiger partial charge in [0.25, 0.3) is 0 Å². The van der Waals surface area contributed by atoms with Crippen molar-refractivity contribution in [3.8, 4) is 0 Å². The normalized spacial score (nSPS) is 15.2. The molecule has 1 amide bonds. The number of carbonyl (C=O) groups is 1. The lowest BCUT2D eigenvalue weighted by Gasteiger charge is -2.25. The van der Waals surface area contributed by atoms with Crippen LogP contribution in [0.3, 0.4) is 0 Å². The number of hydrogen-bond acceptors (Lipinski definition) is 3. The van der Waals surface area contributed by atoms with Gasteiger partial charge in [-0.3, -0.25) is 4.79 Å². The van der Waals surface area contributed by atoms with Gasteiger partial charge in [-0.25, -0.2) is 0 Å². The van der Waals surface area contributed by atoms with Crippen LogP contribution >= 0.6 is 0 Å². The molecule has 1 aromatic heterocycles. The molecule has 23 heavy (non-hydrogen) atoms. The maximum atomic E-state index is 12.6. The van der Waals surface area contributed by atoms with Gasteiger partial charge in [0.2, 0.25) is 5.91 Å². The Morgan fingerprint density at radius 3 is 2.39 bits per heavy atom. The van der Waals surface area contributed by atoms with E-state index in [-0.39, 0.29) is 24.3 Å². The summed E-state index contributed by atoms with van der Waals surface area (Å²) in [6.45, 7) is 7.60. The van der Waals surface area contributed by atoms with Crippen molar-refractivity contribution in [2.75, 3.05) is 6.54 Å². The molecule has 1 heterocycles. The van der Waals surface area contributed by atoms with Crippen molar-refractivity contribution in [1.29, 1.82) is 0 Å². The van der Waals surface area contributed by atoms with Gasteiger partial charge in [0, 0.05) is 0 Å². The molecule has 2 unspecified atom stereocenters. The Hall–Kier alpha value is -2.07. The van der Waals surface area contributed by atoms with Crippen LogP contribution in [0.4, 0.5) is 0 Å². The number of hydrogen-bond donors (Lipinski definition) is 2. The largest absolute Gasteiger partial charge is 0.463 e. The number of aryl methyl sites for hydroxylation is 1. The van der Waals surface area contributed by atoms with Crippen LogP contribution in [-0.4, -0.2) is 17.6 Å². The van der Waals surface area contributed by atoms with Gasteiger partial charge in [-0.05, 0) is 37.5 Å². The number of furan rings is 1. The summed E-state index contributed by atoms with van der Waals surface area (Å²) in [5.41, 5.74) is -0.254. The summed E-state index contributed by atoms with van der Waals surface area (Å²) in [5, 5.41) is 13.4. The molecule has 0 aliphatic rings. The maximum Gasteiger partial charge on any atom is 0.227 e. The van der Waals surface area contributed by atoms with E-state index in [2.05, 4.69) is 5.32 Å². The average Bonchev–Trinajstić information content (AvgIpc) is 2.94. The van der Waals surface area contributed by atoms with E-state index in [1.54, 1.807) is 19.1 Å². The third-order valence-corrected chi connectivity index (χ3v) is 3.99. The average molecular weight is 315 g/mol. The molecule has 2 N–H and O–H groups in total. The zero-order chi connectivity index (χ0) is 17.0. The summed E-state index contributed by atoms with van der Waals surface area (Å²) in [5.74, 6) is 1.01. The fourth-order valence-electron chi connectivity index (χ4n) is 2.68. The van der Waals surface area contributed by atoms with E-state index in [1.165, 1.54) is 0 Å². The van der Waals surface area contributed by atoms with Crippen LogP contribution in [0.2, 0.25) is 0 Å². The molecule has 4 nitrogen and oxygen atoms in total. The third kappa shape index (κ3) is 4.23. The van der Waals surface area contributed by atoms with Crippen LogP contribution in [0.1, 0.15) is 43.8 Å². The van der Waals surface area contributed by atoms with Crippen molar-refractivity contribution in [2.24, 2.45) is 5.92 Å². The number of amides is 1. The molecule has 124 valence electrons. The number of nitrogens with one attached hydrogen (secondary N) is 1.